The molecule has 90 valence electrons. The Bertz CT molecular complexity index is 564. The predicted molar refractivity (Wildman–Crippen MR) is 77.5 cm³/mol. The molecule has 1 heteroatoms. The van der Waals surface area contributed by atoms with Crippen LogP contribution in [0.2, 0.25) is 0 Å². The van der Waals surface area contributed by atoms with E-state index in [1.165, 1.54) is 11.1 Å². The van der Waals surface area contributed by atoms with Gasteiger partial charge in [0.1, 0.15) is 0 Å². The monoisotopic (exact) mass is 235 g/mol. The first-order chi connectivity index (χ1) is 8.83. The zero-order valence-corrected chi connectivity index (χ0v) is 10.6. The van der Waals surface area contributed by atoms with Crippen LogP contribution in [-0.4, -0.2) is 0 Å². The lowest BCUT2D eigenvalue weighted by atomic mass is 10.1. The van der Waals surface area contributed by atoms with Crippen LogP contribution in [0.15, 0.2) is 48.5 Å². The molecule has 0 saturated heterocycles. The zero-order valence-electron chi connectivity index (χ0n) is 10.6. The second kappa shape index (κ2) is 5.93. The van der Waals surface area contributed by atoms with Gasteiger partial charge in [-0.2, -0.15) is 0 Å². The molecular formula is C17H17N. The average Bonchev–Trinajstić information content (AvgIpc) is 2.45. The molecule has 0 atom stereocenters. The molecule has 2 aromatic rings. The lowest BCUT2D eigenvalue weighted by Crippen LogP contribution is -2.02. The highest BCUT2D eigenvalue weighted by Gasteiger charge is 1.99. The highest BCUT2D eigenvalue weighted by Crippen LogP contribution is 2.14. The lowest BCUT2D eigenvalue weighted by molar-refractivity contribution is 1.04. The van der Waals surface area contributed by atoms with E-state index in [-0.39, 0.29) is 0 Å². The fourth-order valence-electron chi connectivity index (χ4n) is 1.99. The molecule has 0 heterocycles. The molecule has 0 amide bonds. The number of rotatable bonds is 4. The van der Waals surface area contributed by atoms with Gasteiger partial charge in [0.15, 0.2) is 0 Å². The van der Waals surface area contributed by atoms with E-state index in [2.05, 4.69) is 42.4 Å². The largest absolute Gasteiger partial charge is 0.381 e. The van der Waals surface area contributed by atoms with E-state index in [1.807, 2.05) is 24.3 Å². The maximum atomic E-state index is 5.39. The molecule has 1 N–H and O–H groups in total. The van der Waals surface area contributed by atoms with Crippen LogP contribution in [0.5, 0.6) is 0 Å². The van der Waals surface area contributed by atoms with Crippen molar-refractivity contribution in [2.45, 2.75) is 19.9 Å². The summed E-state index contributed by atoms with van der Waals surface area (Å²) in [5.74, 6) is 2.65. The van der Waals surface area contributed by atoms with Crippen LogP contribution >= 0.6 is 0 Å². The van der Waals surface area contributed by atoms with Gasteiger partial charge in [-0.1, -0.05) is 43.2 Å². The molecule has 0 aliphatic rings. The molecule has 18 heavy (non-hydrogen) atoms. The van der Waals surface area contributed by atoms with E-state index in [0.29, 0.717) is 0 Å². The summed E-state index contributed by atoms with van der Waals surface area (Å²) in [6, 6.07) is 16.4. The van der Waals surface area contributed by atoms with Crippen LogP contribution in [0.3, 0.4) is 0 Å². The Morgan fingerprint density at radius 3 is 2.56 bits per heavy atom. The van der Waals surface area contributed by atoms with Crippen molar-refractivity contribution in [2.24, 2.45) is 0 Å². The molecular weight excluding hydrogens is 218 g/mol. The molecule has 0 saturated carbocycles. The second-order valence-electron chi connectivity index (χ2n) is 4.20. The Hall–Kier alpha value is -2.20. The van der Waals surface area contributed by atoms with Crippen LogP contribution in [0.4, 0.5) is 5.69 Å². The van der Waals surface area contributed by atoms with Crippen LogP contribution in [0.25, 0.3) is 0 Å². The smallest absolute Gasteiger partial charge is 0.0403 e. The van der Waals surface area contributed by atoms with Crippen molar-refractivity contribution in [1.82, 2.24) is 0 Å². The number of aryl methyl sites for hydroxylation is 1. The quantitative estimate of drug-likeness (QED) is 0.794. The van der Waals surface area contributed by atoms with Gasteiger partial charge in [-0.05, 0) is 35.7 Å². The Kier molecular flexibility index (Phi) is 4.04. The molecule has 2 rings (SSSR count). The molecule has 0 radical (unpaired) electrons. The normalized spacial score (nSPS) is 9.78. The van der Waals surface area contributed by atoms with Gasteiger partial charge < -0.3 is 5.32 Å². The van der Waals surface area contributed by atoms with Crippen molar-refractivity contribution in [3.63, 3.8) is 0 Å². The van der Waals surface area contributed by atoms with E-state index >= 15 is 0 Å². The van der Waals surface area contributed by atoms with Crippen molar-refractivity contribution in [3.05, 3.63) is 65.2 Å². The SMILES string of the molecule is C#Cc1cccc(NCc2ccccc2CC)c1. The topological polar surface area (TPSA) is 12.0 Å². The van der Waals surface area contributed by atoms with Crippen molar-refractivity contribution < 1.29 is 0 Å². The van der Waals surface area contributed by atoms with Crippen molar-refractivity contribution in [2.75, 3.05) is 5.32 Å². The second-order valence-corrected chi connectivity index (χ2v) is 4.20. The third kappa shape index (κ3) is 2.93. The van der Waals surface area contributed by atoms with Gasteiger partial charge in [0, 0.05) is 17.8 Å². The van der Waals surface area contributed by atoms with Gasteiger partial charge in [0.2, 0.25) is 0 Å². The molecule has 0 fully saturated rings. The van der Waals surface area contributed by atoms with Crippen molar-refractivity contribution in [1.29, 1.82) is 0 Å². The minimum Gasteiger partial charge on any atom is -0.381 e. The highest BCUT2D eigenvalue weighted by molar-refractivity contribution is 5.50. The number of benzene rings is 2. The van der Waals surface area contributed by atoms with Crippen LogP contribution in [-0.2, 0) is 13.0 Å². The van der Waals surface area contributed by atoms with Gasteiger partial charge in [-0.25, -0.2) is 0 Å². The molecule has 0 aromatic heterocycles. The lowest BCUT2D eigenvalue weighted by Gasteiger charge is -2.10. The Morgan fingerprint density at radius 1 is 1.06 bits per heavy atom. The van der Waals surface area contributed by atoms with Crippen LogP contribution in [0, 0.1) is 12.3 Å². The summed E-state index contributed by atoms with van der Waals surface area (Å²) in [7, 11) is 0. The summed E-state index contributed by atoms with van der Waals surface area (Å²) < 4.78 is 0. The molecule has 2 aromatic carbocycles. The first-order valence-electron chi connectivity index (χ1n) is 6.21. The van der Waals surface area contributed by atoms with Gasteiger partial charge >= 0.3 is 0 Å². The zero-order chi connectivity index (χ0) is 12.8. The van der Waals surface area contributed by atoms with Gasteiger partial charge in [0.05, 0.1) is 0 Å². The van der Waals surface area contributed by atoms with Crippen molar-refractivity contribution >= 4 is 5.69 Å². The Morgan fingerprint density at radius 2 is 1.83 bits per heavy atom. The summed E-state index contributed by atoms with van der Waals surface area (Å²) in [5, 5.41) is 3.41. The standard InChI is InChI=1S/C17H17N/c1-3-14-8-7-11-17(12-14)18-13-16-10-6-5-9-15(16)4-2/h1,5-12,18H,4,13H2,2H3. The van der Waals surface area contributed by atoms with Crippen molar-refractivity contribution in [3.8, 4) is 12.3 Å². The summed E-state index contributed by atoms with van der Waals surface area (Å²) >= 11 is 0. The average molecular weight is 235 g/mol. The van der Waals surface area contributed by atoms with E-state index in [9.17, 15) is 0 Å². The van der Waals surface area contributed by atoms with Gasteiger partial charge in [-0.3, -0.25) is 0 Å². The number of hydrogen-bond acceptors (Lipinski definition) is 1. The Labute approximate surface area is 109 Å². The predicted octanol–water partition coefficient (Wildman–Crippen LogP) is 3.84. The third-order valence-corrected chi connectivity index (χ3v) is 3.01. The number of anilines is 1. The molecule has 0 aliphatic carbocycles. The summed E-state index contributed by atoms with van der Waals surface area (Å²) in [6.45, 7) is 3.01. The maximum Gasteiger partial charge on any atom is 0.0403 e. The number of hydrogen-bond donors (Lipinski definition) is 1. The summed E-state index contributed by atoms with van der Waals surface area (Å²) in [6.07, 6.45) is 6.45. The maximum absolute atomic E-state index is 5.39. The number of nitrogens with one attached hydrogen (secondary N) is 1. The fraction of sp³-hybridized carbons (Fsp3) is 0.176. The van der Waals surface area contributed by atoms with E-state index in [4.69, 9.17) is 6.42 Å². The molecule has 0 spiro atoms. The minimum absolute atomic E-state index is 0.831. The van der Waals surface area contributed by atoms with Crippen LogP contribution in [0.1, 0.15) is 23.6 Å². The first kappa shape index (κ1) is 12.3. The molecule has 0 aliphatic heterocycles. The minimum atomic E-state index is 0.831. The highest BCUT2D eigenvalue weighted by atomic mass is 14.9. The van der Waals surface area contributed by atoms with E-state index in [0.717, 1.165) is 24.2 Å². The summed E-state index contributed by atoms with van der Waals surface area (Å²) in [4.78, 5) is 0. The molecule has 0 bridgehead atoms. The molecule has 0 unspecified atom stereocenters. The van der Waals surface area contributed by atoms with E-state index in [1.54, 1.807) is 0 Å². The first-order valence-corrected chi connectivity index (χ1v) is 6.21. The van der Waals surface area contributed by atoms with Gasteiger partial charge in [-0.15, -0.1) is 6.42 Å². The molecule has 1 nitrogen and oxygen atoms in total. The third-order valence-electron chi connectivity index (χ3n) is 3.01. The Balaban J connectivity index is 2.09. The fourth-order valence-corrected chi connectivity index (χ4v) is 1.99. The summed E-state index contributed by atoms with van der Waals surface area (Å²) in [5.41, 5.74) is 4.70. The number of terminal acetylenes is 1. The van der Waals surface area contributed by atoms with E-state index < -0.39 is 0 Å². The van der Waals surface area contributed by atoms with Crippen LogP contribution < -0.4 is 5.32 Å². The van der Waals surface area contributed by atoms with Gasteiger partial charge in [0.25, 0.3) is 0 Å².